The maximum atomic E-state index is 13.6. The summed E-state index contributed by atoms with van der Waals surface area (Å²) in [6.45, 7) is 6.06. The molecule has 9 heteroatoms. The lowest BCUT2D eigenvalue weighted by atomic mass is 9.91. The maximum absolute atomic E-state index is 13.6. The first kappa shape index (κ1) is 23.9. The third kappa shape index (κ3) is 4.84. The third-order valence-electron chi connectivity index (χ3n) is 6.81. The maximum Gasteiger partial charge on any atom is 0.264 e. The minimum atomic E-state index is -1.06. The van der Waals surface area contributed by atoms with Crippen LogP contribution in [0, 0.1) is 20.8 Å². The molecule has 1 aromatic heterocycles. The first-order chi connectivity index (χ1) is 16.3. The molecule has 1 aliphatic carbocycles. The predicted molar refractivity (Wildman–Crippen MR) is 126 cm³/mol. The van der Waals surface area contributed by atoms with E-state index in [0.29, 0.717) is 42.1 Å². The summed E-state index contributed by atoms with van der Waals surface area (Å²) < 4.78 is 5.20. The van der Waals surface area contributed by atoms with E-state index in [4.69, 9.17) is 10.3 Å². The van der Waals surface area contributed by atoms with Gasteiger partial charge >= 0.3 is 0 Å². The summed E-state index contributed by atoms with van der Waals surface area (Å²) >= 11 is 0. The lowest BCUT2D eigenvalue weighted by molar-refractivity contribution is -0.133. The second-order valence-corrected chi connectivity index (χ2v) is 9.41. The molecule has 0 bridgehead atoms. The van der Waals surface area contributed by atoms with E-state index < -0.39 is 6.17 Å². The fourth-order valence-electron chi connectivity index (χ4n) is 4.87. The van der Waals surface area contributed by atoms with E-state index in [1.165, 1.54) is 9.80 Å². The summed E-state index contributed by atoms with van der Waals surface area (Å²) in [5.41, 5.74) is 8.34. The van der Waals surface area contributed by atoms with Crippen LogP contribution in [0.1, 0.15) is 69.8 Å². The van der Waals surface area contributed by atoms with Crippen molar-refractivity contribution in [3.63, 3.8) is 0 Å². The minimum absolute atomic E-state index is 0.0263. The van der Waals surface area contributed by atoms with Crippen molar-refractivity contribution in [1.82, 2.24) is 20.3 Å². The van der Waals surface area contributed by atoms with Gasteiger partial charge in [0.2, 0.25) is 0 Å². The van der Waals surface area contributed by atoms with Crippen molar-refractivity contribution >= 4 is 17.7 Å². The molecule has 182 valence electrons. The molecule has 3 amide bonds. The highest BCUT2D eigenvalue weighted by Gasteiger charge is 2.42. The molecule has 1 unspecified atom stereocenters. The van der Waals surface area contributed by atoms with Gasteiger partial charge in [0.15, 0.2) is 6.17 Å². The molecule has 1 saturated heterocycles. The summed E-state index contributed by atoms with van der Waals surface area (Å²) in [6.07, 6.45) is 2.74. The van der Waals surface area contributed by atoms with Crippen molar-refractivity contribution in [3.05, 3.63) is 52.4 Å². The first-order valence-corrected chi connectivity index (χ1v) is 11.9. The zero-order valence-corrected chi connectivity index (χ0v) is 20.0. The van der Waals surface area contributed by atoms with Gasteiger partial charge in [-0.15, -0.1) is 0 Å². The van der Waals surface area contributed by atoms with Gasteiger partial charge in [0.25, 0.3) is 17.7 Å². The molecule has 0 radical (unpaired) electrons. The summed E-state index contributed by atoms with van der Waals surface area (Å²) in [7, 11) is 0. The molecule has 2 aromatic rings. The Kier molecular flexibility index (Phi) is 7.02. The number of carbonyl (C=O) groups is 3. The number of amides is 3. The second-order valence-electron chi connectivity index (χ2n) is 9.41. The lowest BCUT2D eigenvalue weighted by Crippen LogP contribution is -2.64. The minimum Gasteiger partial charge on any atom is -0.361 e. The summed E-state index contributed by atoms with van der Waals surface area (Å²) in [6, 6.07) is 7.37. The Labute approximate surface area is 199 Å². The van der Waals surface area contributed by atoms with Gasteiger partial charge < -0.3 is 25.4 Å². The van der Waals surface area contributed by atoms with E-state index in [0.717, 1.165) is 31.2 Å². The molecule has 2 fully saturated rings. The average molecular weight is 468 g/mol. The molecule has 1 aliphatic heterocycles. The standard InChI is InChI=1S/C25H33N5O4/c1-15-5-7-18(8-6-15)24(32)29-13-4-14-30(25(33)21-16(2)28-34-17(21)3)23(29)22(31)27-20-11-9-19(26)10-12-20/h5-8,19-20,23H,4,9-14,26H2,1-3H3,(H,27,31). The number of nitrogens with zero attached hydrogens (tertiary/aromatic N) is 3. The van der Waals surface area contributed by atoms with Crippen molar-refractivity contribution in [2.24, 2.45) is 5.73 Å². The van der Waals surface area contributed by atoms with Crippen LogP contribution in [-0.2, 0) is 4.79 Å². The van der Waals surface area contributed by atoms with Gasteiger partial charge in [-0.05, 0) is 65.0 Å². The molecule has 34 heavy (non-hydrogen) atoms. The predicted octanol–water partition coefficient (Wildman–Crippen LogP) is 2.30. The SMILES string of the molecule is Cc1ccc(C(=O)N2CCCN(C(=O)c3c(C)noc3C)C2C(=O)NC2CCC(N)CC2)cc1. The highest BCUT2D eigenvalue weighted by atomic mass is 16.5. The van der Waals surface area contributed by atoms with E-state index in [1.807, 2.05) is 19.1 Å². The molecule has 1 atom stereocenters. The van der Waals surface area contributed by atoms with E-state index in [1.54, 1.807) is 26.0 Å². The second kappa shape index (κ2) is 9.97. The Hall–Kier alpha value is -3.20. The Morgan fingerprint density at radius 3 is 2.18 bits per heavy atom. The van der Waals surface area contributed by atoms with Gasteiger partial charge in [0, 0.05) is 30.7 Å². The van der Waals surface area contributed by atoms with Gasteiger partial charge in [-0.2, -0.15) is 0 Å². The Morgan fingerprint density at radius 1 is 0.971 bits per heavy atom. The van der Waals surface area contributed by atoms with Crippen molar-refractivity contribution < 1.29 is 18.9 Å². The lowest BCUT2D eigenvalue weighted by Gasteiger charge is -2.43. The number of nitrogens with two attached hydrogens (primary N) is 1. The number of aromatic nitrogens is 1. The molecule has 0 spiro atoms. The molecule has 3 N–H and O–H groups in total. The smallest absolute Gasteiger partial charge is 0.264 e. The number of aryl methyl sites for hydroxylation is 3. The van der Waals surface area contributed by atoms with Gasteiger partial charge in [0.05, 0.1) is 5.69 Å². The van der Waals surface area contributed by atoms with Crippen LogP contribution in [0.3, 0.4) is 0 Å². The highest BCUT2D eigenvalue weighted by Crippen LogP contribution is 2.25. The van der Waals surface area contributed by atoms with Crippen LogP contribution in [0.25, 0.3) is 0 Å². The summed E-state index contributed by atoms with van der Waals surface area (Å²) in [4.78, 5) is 43.7. The first-order valence-electron chi connectivity index (χ1n) is 11.9. The van der Waals surface area contributed by atoms with Crippen molar-refractivity contribution in [2.45, 2.75) is 71.1 Å². The Bertz CT molecular complexity index is 1040. The number of benzene rings is 1. The average Bonchev–Trinajstić information content (AvgIpc) is 3.17. The van der Waals surface area contributed by atoms with Crippen LogP contribution < -0.4 is 11.1 Å². The number of hydrogen-bond acceptors (Lipinski definition) is 6. The van der Waals surface area contributed by atoms with Crippen LogP contribution in [0.4, 0.5) is 0 Å². The molecule has 4 rings (SSSR count). The van der Waals surface area contributed by atoms with Crippen LogP contribution in [0.5, 0.6) is 0 Å². The van der Waals surface area contributed by atoms with E-state index in [9.17, 15) is 14.4 Å². The van der Waals surface area contributed by atoms with Crippen molar-refractivity contribution in [2.75, 3.05) is 13.1 Å². The van der Waals surface area contributed by atoms with Crippen molar-refractivity contribution in [1.29, 1.82) is 0 Å². The monoisotopic (exact) mass is 467 g/mol. The Balaban J connectivity index is 1.65. The summed E-state index contributed by atoms with van der Waals surface area (Å²) in [5.74, 6) is -0.587. The fourth-order valence-corrected chi connectivity index (χ4v) is 4.87. The normalized spacial score (nSPS) is 23.0. The van der Waals surface area contributed by atoms with Crippen LogP contribution in [0.2, 0.25) is 0 Å². The Morgan fingerprint density at radius 2 is 1.59 bits per heavy atom. The fraction of sp³-hybridized carbons (Fsp3) is 0.520. The van der Waals surface area contributed by atoms with Gasteiger partial charge in [0.1, 0.15) is 11.3 Å². The molecule has 1 aromatic carbocycles. The molecular weight excluding hydrogens is 434 g/mol. The largest absolute Gasteiger partial charge is 0.361 e. The van der Waals surface area contributed by atoms with Gasteiger partial charge in [-0.3, -0.25) is 14.4 Å². The van der Waals surface area contributed by atoms with E-state index in [-0.39, 0.29) is 29.8 Å². The number of rotatable bonds is 4. The van der Waals surface area contributed by atoms with E-state index in [2.05, 4.69) is 10.5 Å². The van der Waals surface area contributed by atoms with Crippen LogP contribution in [-0.4, -0.2) is 64.0 Å². The molecular formula is C25H33N5O4. The zero-order valence-electron chi connectivity index (χ0n) is 20.0. The third-order valence-corrected chi connectivity index (χ3v) is 6.81. The number of carbonyl (C=O) groups excluding carboxylic acids is 3. The van der Waals surface area contributed by atoms with Crippen molar-refractivity contribution in [3.8, 4) is 0 Å². The molecule has 1 saturated carbocycles. The van der Waals surface area contributed by atoms with E-state index >= 15 is 0 Å². The van der Waals surface area contributed by atoms with Gasteiger partial charge in [-0.1, -0.05) is 22.9 Å². The van der Waals surface area contributed by atoms with Crippen LogP contribution in [0.15, 0.2) is 28.8 Å². The number of nitrogens with one attached hydrogen (secondary N) is 1. The van der Waals surface area contributed by atoms with Crippen LogP contribution >= 0.6 is 0 Å². The molecule has 2 heterocycles. The zero-order chi connectivity index (χ0) is 24.4. The topological polar surface area (TPSA) is 122 Å². The molecule has 9 nitrogen and oxygen atoms in total. The molecule has 2 aliphatic rings. The quantitative estimate of drug-likeness (QED) is 0.712. The summed E-state index contributed by atoms with van der Waals surface area (Å²) in [5, 5.41) is 6.99. The number of hydrogen-bond donors (Lipinski definition) is 2. The highest BCUT2D eigenvalue weighted by molar-refractivity contribution is 6.02. The van der Waals surface area contributed by atoms with Gasteiger partial charge in [-0.25, -0.2) is 0 Å².